The summed E-state index contributed by atoms with van der Waals surface area (Å²) in [6.07, 6.45) is 0.877. The number of hydrogen-bond acceptors (Lipinski definition) is 4. The lowest BCUT2D eigenvalue weighted by molar-refractivity contribution is -0.159. The largest absolute Gasteiger partial charge is 0.481 e. The molecular formula is C18H21ClN2O5. The van der Waals surface area contributed by atoms with Gasteiger partial charge < -0.3 is 20.1 Å². The molecule has 0 saturated carbocycles. The van der Waals surface area contributed by atoms with Crippen molar-refractivity contribution in [3.63, 3.8) is 0 Å². The Labute approximate surface area is 156 Å². The first-order valence-electron chi connectivity index (χ1n) is 8.57. The third kappa shape index (κ3) is 3.29. The second-order valence-corrected chi connectivity index (χ2v) is 7.21. The van der Waals surface area contributed by atoms with E-state index in [4.69, 9.17) is 16.3 Å². The number of aliphatic carboxylic acids is 1. The zero-order chi connectivity index (χ0) is 18.9. The minimum absolute atomic E-state index is 0.0929. The van der Waals surface area contributed by atoms with Crippen LogP contribution in [0.3, 0.4) is 0 Å². The van der Waals surface area contributed by atoms with E-state index in [9.17, 15) is 19.5 Å². The second-order valence-electron chi connectivity index (χ2n) is 6.78. The van der Waals surface area contributed by atoms with Crippen molar-refractivity contribution in [2.45, 2.75) is 19.8 Å². The van der Waals surface area contributed by atoms with Crippen molar-refractivity contribution < 1.29 is 24.2 Å². The first-order chi connectivity index (χ1) is 12.4. The number of carbonyl (C=O) groups excluding carboxylic acids is 2. The number of carboxylic acid groups (broad SMARTS) is 1. The number of ether oxygens (including phenoxy) is 1. The molecule has 0 unspecified atom stereocenters. The highest BCUT2D eigenvalue weighted by Gasteiger charge is 2.55. The number of benzene rings is 1. The molecule has 0 radical (unpaired) electrons. The lowest BCUT2D eigenvalue weighted by Crippen LogP contribution is -2.46. The average Bonchev–Trinajstić information content (AvgIpc) is 3.02. The molecule has 2 N–H and O–H groups in total. The fourth-order valence-corrected chi connectivity index (χ4v) is 3.83. The van der Waals surface area contributed by atoms with Gasteiger partial charge in [-0.3, -0.25) is 14.4 Å². The van der Waals surface area contributed by atoms with E-state index in [1.807, 2.05) is 0 Å². The Hall–Kier alpha value is -2.12. The molecule has 2 atom stereocenters. The van der Waals surface area contributed by atoms with Crippen LogP contribution in [-0.4, -0.2) is 54.1 Å². The second kappa shape index (κ2) is 7.25. The first kappa shape index (κ1) is 18.7. The van der Waals surface area contributed by atoms with E-state index >= 15 is 0 Å². The molecule has 2 aliphatic heterocycles. The predicted octanol–water partition coefficient (Wildman–Crippen LogP) is 2.25. The van der Waals surface area contributed by atoms with Crippen LogP contribution in [0.25, 0.3) is 0 Å². The fourth-order valence-electron chi connectivity index (χ4n) is 3.66. The maximum absolute atomic E-state index is 13.1. The van der Waals surface area contributed by atoms with Crippen LogP contribution in [0.4, 0.5) is 5.69 Å². The predicted molar refractivity (Wildman–Crippen MR) is 95.3 cm³/mol. The third-order valence-corrected chi connectivity index (χ3v) is 5.42. The highest BCUT2D eigenvalue weighted by Crippen LogP contribution is 2.42. The van der Waals surface area contributed by atoms with Gasteiger partial charge in [0.15, 0.2) is 0 Å². The number of nitrogens with zero attached hydrogens (tertiary/aromatic N) is 1. The number of rotatable bonds is 4. The van der Waals surface area contributed by atoms with Crippen LogP contribution in [0.15, 0.2) is 18.2 Å². The maximum atomic E-state index is 13.1. The molecule has 7 nitrogen and oxygen atoms in total. The third-order valence-electron chi connectivity index (χ3n) is 5.19. The van der Waals surface area contributed by atoms with Crippen LogP contribution in [0.5, 0.6) is 0 Å². The highest BCUT2D eigenvalue weighted by atomic mass is 35.5. The minimum atomic E-state index is -1.06. The summed E-state index contributed by atoms with van der Waals surface area (Å²) in [5.74, 6) is -1.62. The van der Waals surface area contributed by atoms with Crippen molar-refractivity contribution in [3.8, 4) is 0 Å². The van der Waals surface area contributed by atoms with E-state index in [2.05, 4.69) is 5.32 Å². The molecule has 8 heteroatoms. The molecule has 3 rings (SSSR count). The first-order valence-corrected chi connectivity index (χ1v) is 8.95. The molecule has 2 fully saturated rings. The SMILES string of the molecule is CCC(=O)Nc1cc(Cl)ccc1C(=O)N1C[C@@H]2CCOC[C@]2(C(=O)O)C1. The number of carbonyl (C=O) groups is 3. The Morgan fingerprint density at radius 1 is 1.42 bits per heavy atom. The molecule has 26 heavy (non-hydrogen) atoms. The molecule has 2 saturated heterocycles. The van der Waals surface area contributed by atoms with Crippen molar-refractivity contribution in [1.29, 1.82) is 0 Å². The number of carboxylic acids is 1. The lowest BCUT2D eigenvalue weighted by Gasteiger charge is -2.33. The number of anilines is 1. The van der Waals surface area contributed by atoms with Crippen LogP contribution in [0, 0.1) is 11.3 Å². The summed E-state index contributed by atoms with van der Waals surface area (Å²) in [5, 5.41) is 12.8. The summed E-state index contributed by atoms with van der Waals surface area (Å²) in [7, 11) is 0. The molecular weight excluding hydrogens is 360 g/mol. The molecule has 2 heterocycles. The van der Waals surface area contributed by atoms with E-state index in [0.717, 1.165) is 0 Å². The normalized spacial score (nSPS) is 24.8. The van der Waals surface area contributed by atoms with Crippen molar-refractivity contribution in [1.82, 2.24) is 4.90 Å². The number of likely N-dealkylation sites (tertiary alicyclic amines) is 1. The standard InChI is InChI=1S/C18H21ClN2O5/c1-2-15(22)20-14-7-12(19)3-4-13(14)16(23)21-8-11-5-6-26-10-18(11,9-21)17(24)25/h3-4,7,11H,2,5-6,8-10H2,1H3,(H,20,22)(H,24,25)/t11-,18+/m0/s1. The molecule has 140 valence electrons. The number of hydrogen-bond donors (Lipinski definition) is 2. The number of fused-ring (bicyclic) bond motifs is 1. The topological polar surface area (TPSA) is 95.9 Å². The Kier molecular flexibility index (Phi) is 5.20. The van der Waals surface area contributed by atoms with Gasteiger partial charge in [-0.05, 0) is 30.5 Å². The van der Waals surface area contributed by atoms with Gasteiger partial charge >= 0.3 is 5.97 Å². The summed E-state index contributed by atoms with van der Waals surface area (Å²) in [4.78, 5) is 38.2. The van der Waals surface area contributed by atoms with E-state index in [1.54, 1.807) is 19.1 Å². The lowest BCUT2D eigenvalue weighted by atomic mass is 9.76. The van der Waals surface area contributed by atoms with Crippen molar-refractivity contribution in [2.24, 2.45) is 11.3 Å². The van der Waals surface area contributed by atoms with Gasteiger partial charge in [-0.1, -0.05) is 18.5 Å². The van der Waals surface area contributed by atoms with Gasteiger partial charge in [0.2, 0.25) is 5.91 Å². The van der Waals surface area contributed by atoms with Crippen molar-refractivity contribution in [3.05, 3.63) is 28.8 Å². The molecule has 0 aromatic heterocycles. The number of halogens is 1. The van der Waals surface area contributed by atoms with Crippen LogP contribution in [0.2, 0.25) is 5.02 Å². The van der Waals surface area contributed by atoms with Crippen LogP contribution in [-0.2, 0) is 14.3 Å². The highest BCUT2D eigenvalue weighted by molar-refractivity contribution is 6.31. The fraction of sp³-hybridized carbons (Fsp3) is 0.500. The van der Waals surface area contributed by atoms with Gasteiger partial charge in [0, 0.05) is 31.1 Å². The number of amides is 2. The molecule has 2 amide bonds. The van der Waals surface area contributed by atoms with Crippen molar-refractivity contribution >= 4 is 35.1 Å². The van der Waals surface area contributed by atoms with Gasteiger partial charge in [-0.25, -0.2) is 0 Å². The van der Waals surface area contributed by atoms with Gasteiger partial charge in [-0.2, -0.15) is 0 Å². The Morgan fingerprint density at radius 2 is 2.19 bits per heavy atom. The van der Waals surface area contributed by atoms with E-state index < -0.39 is 11.4 Å². The molecule has 0 bridgehead atoms. The molecule has 1 aromatic rings. The average molecular weight is 381 g/mol. The van der Waals surface area contributed by atoms with Gasteiger partial charge in [0.05, 0.1) is 17.9 Å². The summed E-state index contributed by atoms with van der Waals surface area (Å²) < 4.78 is 5.40. The number of nitrogens with one attached hydrogen (secondary N) is 1. The molecule has 0 aliphatic carbocycles. The Morgan fingerprint density at radius 3 is 2.85 bits per heavy atom. The molecule has 2 aliphatic rings. The smallest absolute Gasteiger partial charge is 0.314 e. The Bertz CT molecular complexity index is 753. The van der Waals surface area contributed by atoms with E-state index in [1.165, 1.54) is 11.0 Å². The summed E-state index contributed by atoms with van der Waals surface area (Å²) in [6, 6.07) is 4.67. The van der Waals surface area contributed by atoms with Crippen molar-refractivity contribution in [2.75, 3.05) is 31.6 Å². The van der Waals surface area contributed by atoms with Crippen LogP contribution >= 0.6 is 11.6 Å². The maximum Gasteiger partial charge on any atom is 0.314 e. The summed E-state index contributed by atoms with van der Waals surface area (Å²) in [6.45, 7) is 2.77. The van der Waals surface area contributed by atoms with E-state index in [0.29, 0.717) is 35.8 Å². The minimum Gasteiger partial charge on any atom is -0.481 e. The monoisotopic (exact) mass is 380 g/mol. The quantitative estimate of drug-likeness (QED) is 0.835. The van der Waals surface area contributed by atoms with Gasteiger partial charge in [-0.15, -0.1) is 0 Å². The molecule has 0 spiro atoms. The van der Waals surface area contributed by atoms with Crippen LogP contribution < -0.4 is 5.32 Å². The molecule has 1 aromatic carbocycles. The van der Waals surface area contributed by atoms with E-state index in [-0.39, 0.29) is 37.3 Å². The van der Waals surface area contributed by atoms with Gasteiger partial charge in [0.25, 0.3) is 5.91 Å². The Balaban J connectivity index is 1.88. The summed E-state index contributed by atoms with van der Waals surface area (Å²) >= 11 is 6.00. The zero-order valence-corrected chi connectivity index (χ0v) is 15.2. The zero-order valence-electron chi connectivity index (χ0n) is 14.5. The van der Waals surface area contributed by atoms with Crippen LogP contribution in [0.1, 0.15) is 30.1 Å². The summed E-state index contributed by atoms with van der Waals surface area (Å²) in [5.41, 5.74) is -0.422. The van der Waals surface area contributed by atoms with Gasteiger partial charge in [0.1, 0.15) is 5.41 Å².